The first kappa shape index (κ1) is 13.8. The summed E-state index contributed by atoms with van der Waals surface area (Å²) in [7, 11) is 0. The molecule has 2 atom stereocenters. The fraction of sp³-hybridized carbons (Fsp3) is 0.500. The molecular formula is C16H25N. The summed E-state index contributed by atoms with van der Waals surface area (Å²) in [5.41, 5.74) is 2.34. The minimum absolute atomic E-state index is 0.667. The van der Waals surface area contributed by atoms with E-state index >= 15 is 0 Å². The highest BCUT2D eigenvalue weighted by molar-refractivity contribution is 5.47. The second-order valence-electron chi connectivity index (χ2n) is 4.63. The van der Waals surface area contributed by atoms with Gasteiger partial charge in [0.25, 0.3) is 0 Å². The number of benzene rings is 1. The number of allylic oxidation sites excluding steroid dienone is 1. The van der Waals surface area contributed by atoms with Crippen molar-refractivity contribution in [1.29, 1.82) is 0 Å². The van der Waals surface area contributed by atoms with Crippen LogP contribution in [-0.4, -0.2) is 0 Å². The largest absolute Gasteiger partial charge is 0.359 e. The molecule has 1 fully saturated rings. The first-order valence-electron chi connectivity index (χ1n) is 6.76. The Bertz CT molecular complexity index is 329. The van der Waals surface area contributed by atoms with Gasteiger partial charge >= 0.3 is 0 Å². The lowest BCUT2D eigenvalue weighted by atomic mass is 10.0. The van der Waals surface area contributed by atoms with Crippen LogP contribution in [0.3, 0.4) is 0 Å². The number of hydrogen-bond acceptors (Lipinski definition) is 1. The molecule has 0 spiro atoms. The third kappa shape index (κ3) is 4.26. The van der Waals surface area contributed by atoms with Crippen LogP contribution < -0.4 is 5.32 Å². The monoisotopic (exact) mass is 231 g/mol. The summed E-state index contributed by atoms with van der Waals surface area (Å²) in [6.45, 7) is 10.5. The zero-order valence-corrected chi connectivity index (χ0v) is 11.4. The zero-order chi connectivity index (χ0) is 12.7. The minimum Gasteiger partial charge on any atom is -0.359 e. The quantitative estimate of drug-likeness (QED) is 0.765. The van der Waals surface area contributed by atoms with E-state index in [2.05, 4.69) is 31.0 Å². The maximum atomic E-state index is 4.16. The van der Waals surface area contributed by atoms with Crippen LogP contribution in [0.5, 0.6) is 0 Å². The molecule has 2 unspecified atom stereocenters. The topological polar surface area (TPSA) is 12.0 Å². The van der Waals surface area contributed by atoms with Gasteiger partial charge in [0.1, 0.15) is 0 Å². The Morgan fingerprint density at radius 1 is 1.18 bits per heavy atom. The third-order valence-electron chi connectivity index (χ3n) is 3.27. The number of para-hydroxylation sites is 1. The molecule has 1 aliphatic rings. The molecule has 2 rings (SSSR count). The Balaban J connectivity index is 0.000000686. The van der Waals surface area contributed by atoms with Crippen LogP contribution in [0.15, 0.2) is 42.6 Å². The summed E-state index contributed by atoms with van der Waals surface area (Å²) in [4.78, 5) is 0. The molecule has 1 N–H and O–H groups in total. The number of anilines is 1. The molecule has 0 saturated heterocycles. The van der Waals surface area contributed by atoms with E-state index in [0.717, 1.165) is 11.6 Å². The first-order chi connectivity index (χ1) is 8.25. The Kier molecular flexibility index (Phi) is 5.82. The van der Waals surface area contributed by atoms with E-state index in [1.807, 2.05) is 32.0 Å². The fourth-order valence-electron chi connectivity index (χ4n) is 2.33. The lowest BCUT2D eigenvalue weighted by Crippen LogP contribution is -2.07. The van der Waals surface area contributed by atoms with Crippen molar-refractivity contribution in [3.63, 3.8) is 0 Å². The van der Waals surface area contributed by atoms with Gasteiger partial charge in [-0.2, -0.15) is 0 Å². The molecule has 1 aliphatic carbocycles. The normalized spacial score (nSPS) is 22.5. The molecule has 0 aliphatic heterocycles. The molecular weight excluding hydrogens is 206 g/mol. The smallest absolute Gasteiger partial charge is 0.0381 e. The molecule has 0 aromatic heterocycles. The van der Waals surface area contributed by atoms with Crippen LogP contribution in [-0.2, 0) is 0 Å². The molecule has 1 heteroatoms. The van der Waals surface area contributed by atoms with Crippen molar-refractivity contribution in [3.05, 3.63) is 42.6 Å². The zero-order valence-electron chi connectivity index (χ0n) is 11.4. The molecule has 0 heterocycles. The predicted octanol–water partition coefficient (Wildman–Crippen LogP) is 5.07. The Labute approximate surface area is 106 Å². The van der Waals surface area contributed by atoms with Gasteiger partial charge < -0.3 is 5.32 Å². The lowest BCUT2D eigenvalue weighted by molar-refractivity contribution is 0.574. The Morgan fingerprint density at radius 3 is 2.35 bits per heavy atom. The van der Waals surface area contributed by atoms with Crippen LogP contribution in [0.2, 0.25) is 0 Å². The summed E-state index contributed by atoms with van der Waals surface area (Å²) >= 11 is 0. The molecule has 0 bridgehead atoms. The van der Waals surface area contributed by atoms with Gasteiger partial charge in [-0.25, -0.2) is 0 Å². The van der Waals surface area contributed by atoms with Gasteiger partial charge in [-0.1, -0.05) is 52.0 Å². The van der Waals surface area contributed by atoms with E-state index in [9.17, 15) is 0 Å². The van der Waals surface area contributed by atoms with Crippen molar-refractivity contribution < 1.29 is 0 Å². The van der Waals surface area contributed by atoms with Gasteiger partial charge in [0, 0.05) is 11.4 Å². The maximum Gasteiger partial charge on any atom is 0.0381 e. The SMILES string of the molecule is C=C(Nc1ccccc1)C1CCC(C)C1.CC. The molecule has 0 radical (unpaired) electrons. The van der Waals surface area contributed by atoms with Crippen molar-refractivity contribution >= 4 is 5.69 Å². The van der Waals surface area contributed by atoms with Crippen LogP contribution in [0.4, 0.5) is 5.69 Å². The van der Waals surface area contributed by atoms with E-state index in [1.165, 1.54) is 25.0 Å². The second kappa shape index (κ2) is 7.16. The highest BCUT2D eigenvalue weighted by Crippen LogP contribution is 2.34. The summed E-state index contributed by atoms with van der Waals surface area (Å²) in [5.74, 6) is 1.53. The van der Waals surface area contributed by atoms with Crippen molar-refractivity contribution in [2.24, 2.45) is 11.8 Å². The van der Waals surface area contributed by atoms with E-state index in [4.69, 9.17) is 0 Å². The van der Waals surface area contributed by atoms with E-state index in [0.29, 0.717) is 5.92 Å². The van der Waals surface area contributed by atoms with Gasteiger partial charge in [-0.3, -0.25) is 0 Å². The van der Waals surface area contributed by atoms with Crippen molar-refractivity contribution in [3.8, 4) is 0 Å². The molecule has 0 amide bonds. The van der Waals surface area contributed by atoms with Crippen molar-refractivity contribution in [2.45, 2.75) is 40.0 Å². The highest BCUT2D eigenvalue weighted by atomic mass is 14.9. The predicted molar refractivity (Wildman–Crippen MR) is 77.1 cm³/mol. The summed E-state index contributed by atoms with van der Waals surface area (Å²) in [6.07, 6.45) is 3.93. The third-order valence-corrected chi connectivity index (χ3v) is 3.27. The van der Waals surface area contributed by atoms with E-state index in [1.54, 1.807) is 0 Å². The lowest BCUT2D eigenvalue weighted by Gasteiger charge is -2.15. The fourth-order valence-corrected chi connectivity index (χ4v) is 2.33. The van der Waals surface area contributed by atoms with Crippen molar-refractivity contribution in [2.75, 3.05) is 5.32 Å². The Morgan fingerprint density at radius 2 is 1.82 bits per heavy atom. The Hall–Kier alpha value is -1.24. The molecule has 94 valence electrons. The number of hydrogen-bond donors (Lipinski definition) is 1. The van der Waals surface area contributed by atoms with Gasteiger partial charge in [0.15, 0.2) is 0 Å². The maximum absolute atomic E-state index is 4.16. The van der Waals surface area contributed by atoms with Crippen LogP contribution >= 0.6 is 0 Å². The average Bonchev–Trinajstić information content (AvgIpc) is 2.80. The average molecular weight is 231 g/mol. The van der Waals surface area contributed by atoms with Gasteiger partial charge in [0.05, 0.1) is 0 Å². The molecule has 1 saturated carbocycles. The van der Waals surface area contributed by atoms with E-state index < -0.39 is 0 Å². The van der Waals surface area contributed by atoms with Gasteiger partial charge in [-0.05, 0) is 36.8 Å². The second-order valence-corrected chi connectivity index (χ2v) is 4.63. The first-order valence-corrected chi connectivity index (χ1v) is 6.76. The molecule has 1 nitrogen and oxygen atoms in total. The highest BCUT2D eigenvalue weighted by Gasteiger charge is 2.23. The summed E-state index contributed by atoms with van der Waals surface area (Å²) in [6, 6.07) is 10.3. The molecule has 17 heavy (non-hydrogen) atoms. The van der Waals surface area contributed by atoms with E-state index in [-0.39, 0.29) is 0 Å². The molecule has 1 aromatic carbocycles. The van der Waals surface area contributed by atoms with Crippen LogP contribution in [0, 0.1) is 11.8 Å². The van der Waals surface area contributed by atoms with Crippen LogP contribution in [0.25, 0.3) is 0 Å². The van der Waals surface area contributed by atoms with Gasteiger partial charge in [-0.15, -0.1) is 0 Å². The van der Waals surface area contributed by atoms with Gasteiger partial charge in [0.2, 0.25) is 0 Å². The van der Waals surface area contributed by atoms with Crippen molar-refractivity contribution in [1.82, 2.24) is 0 Å². The minimum atomic E-state index is 0.667. The molecule has 1 aromatic rings. The van der Waals surface area contributed by atoms with Crippen LogP contribution in [0.1, 0.15) is 40.0 Å². The summed E-state index contributed by atoms with van der Waals surface area (Å²) < 4.78 is 0. The standard InChI is InChI=1S/C14H19N.C2H6/c1-11-8-9-13(10-11)12(2)15-14-6-4-3-5-7-14;1-2/h3-7,11,13,15H,2,8-10H2,1H3;1-2H3. The number of nitrogens with one attached hydrogen (secondary N) is 1. The number of rotatable bonds is 3. The summed E-state index contributed by atoms with van der Waals surface area (Å²) in [5, 5.41) is 3.41.